The SMILES string of the molecule is CCOC(=O)c1nnc(-c2cc(Cl)ccc2OC)o1. The van der Waals surface area contributed by atoms with E-state index < -0.39 is 5.97 Å². The van der Waals surface area contributed by atoms with Crippen molar-refractivity contribution < 1.29 is 18.7 Å². The van der Waals surface area contributed by atoms with E-state index in [9.17, 15) is 4.79 Å². The van der Waals surface area contributed by atoms with Crippen LogP contribution in [0.1, 0.15) is 17.6 Å². The van der Waals surface area contributed by atoms with Crippen LogP contribution in [-0.2, 0) is 4.74 Å². The van der Waals surface area contributed by atoms with Crippen molar-refractivity contribution in [1.29, 1.82) is 0 Å². The van der Waals surface area contributed by atoms with E-state index >= 15 is 0 Å². The minimum absolute atomic E-state index is 0.141. The lowest BCUT2D eigenvalue weighted by molar-refractivity contribution is 0.0481. The zero-order valence-electron chi connectivity index (χ0n) is 10.3. The lowest BCUT2D eigenvalue weighted by atomic mass is 10.2. The number of methoxy groups -OCH3 is 1. The van der Waals surface area contributed by atoms with E-state index in [1.165, 1.54) is 7.11 Å². The number of carbonyl (C=O) groups excluding carboxylic acids is 1. The molecule has 19 heavy (non-hydrogen) atoms. The Balaban J connectivity index is 2.37. The third-order valence-corrected chi connectivity index (χ3v) is 2.50. The first-order valence-corrected chi connectivity index (χ1v) is 5.88. The molecular weight excluding hydrogens is 272 g/mol. The van der Waals surface area contributed by atoms with E-state index in [1.807, 2.05) is 0 Å². The molecule has 0 aliphatic carbocycles. The van der Waals surface area contributed by atoms with Gasteiger partial charge in [0.05, 0.1) is 19.3 Å². The highest BCUT2D eigenvalue weighted by atomic mass is 35.5. The molecule has 0 atom stereocenters. The van der Waals surface area contributed by atoms with E-state index in [1.54, 1.807) is 25.1 Å². The summed E-state index contributed by atoms with van der Waals surface area (Å²) in [5.74, 6) is -0.216. The predicted octanol–water partition coefficient (Wildman–Crippen LogP) is 2.58. The van der Waals surface area contributed by atoms with Crippen LogP contribution in [0.2, 0.25) is 5.02 Å². The van der Waals surface area contributed by atoms with Gasteiger partial charge >= 0.3 is 11.9 Å². The second kappa shape index (κ2) is 5.71. The predicted molar refractivity (Wildman–Crippen MR) is 67.3 cm³/mol. The molecule has 1 aromatic heterocycles. The summed E-state index contributed by atoms with van der Waals surface area (Å²) in [6, 6.07) is 4.96. The second-order valence-electron chi connectivity index (χ2n) is 3.48. The van der Waals surface area contributed by atoms with Crippen LogP contribution in [0.25, 0.3) is 11.5 Å². The maximum absolute atomic E-state index is 11.4. The first kappa shape index (κ1) is 13.4. The molecule has 0 radical (unpaired) electrons. The fraction of sp³-hybridized carbons (Fsp3) is 0.250. The van der Waals surface area contributed by atoms with Crippen LogP contribution < -0.4 is 4.74 Å². The molecule has 0 N–H and O–H groups in total. The van der Waals surface area contributed by atoms with E-state index in [-0.39, 0.29) is 18.4 Å². The van der Waals surface area contributed by atoms with Crippen LogP contribution in [0, 0.1) is 0 Å². The third-order valence-electron chi connectivity index (χ3n) is 2.27. The number of aromatic nitrogens is 2. The average Bonchev–Trinajstić information content (AvgIpc) is 2.88. The molecule has 0 unspecified atom stereocenters. The third kappa shape index (κ3) is 2.85. The number of rotatable bonds is 4. The minimum Gasteiger partial charge on any atom is -0.496 e. The molecule has 0 saturated carbocycles. The molecule has 0 bridgehead atoms. The molecule has 2 aromatic rings. The molecule has 100 valence electrons. The summed E-state index contributed by atoms with van der Waals surface area (Å²) < 4.78 is 15.2. The van der Waals surface area contributed by atoms with Gasteiger partial charge in [-0.05, 0) is 25.1 Å². The van der Waals surface area contributed by atoms with Gasteiger partial charge < -0.3 is 13.9 Å². The van der Waals surface area contributed by atoms with Crippen molar-refractivity contribution in [3.8, 4) is 17.2 Å². The van der Waals surface area contributed by atoms with Crippen LogP contribution in [0.3, 0.4) is 0 Å². The van der Waals surface area contributed by atoms with Gasteiger partial charge in [-0.1, -0.05) is 11.6 Å². The summed E-state index contributed by atoms with van der Waals surface area (Å²) >= 11 is 5.91. The molecule has 0 aliphatic rings. The number of hydrogen-bond acceptors (Lipinski definition) is 6. The van der Waals surface area contributed by atoms with Crippen LogP contribution in [0.15, 0.2) is 22.6 Å². The maximum atomic E-state index is 11.4. The summed E-state index contributed by atoms with van der Waals surface area (Å²) in [6.07, 6.45) is 0. The molecule has 1 aromatic carbocycles. The Morgan fingerprint density at radius 1 is 1.42 bits per heavy atom. The Morgan fingerprint density at radius 3 is 2.89 bits per heavy atom. The second-order valence-corrected chi connectivity index (χ2v) is 3.91. The Labute approximate surface area is 114 Å². The summed E-state index contributed by atoms with van der Waals surface area (Å²) in [7, 11) is 1.51. The molecule has 0 spiro atoms. The van der Waals surface area contributed by atoms with Crippen molar-refractivity contribution >= 4 is 17.6 Å². The molecule has 0 fully saturated rings. The Hall–Kier alpha value is -2.08. The van der Waals surface area contributed by atoms with Gasteiger partial charge in [0.2, 0.25) is 0 Å². The molecule has 2 rings (SSSR count). The van der Waals surface area contributed by atoms with Crippen molar-refractivity contribution in [2.75, 3.05) is 13.7 Å². The van der Waals surface area contributed by atoms with E-state index in [0.717, 1.165) is 0 Å². The van der Waals surface area contributed by atoms with E-state index in [2.05, 4.69) is 10.2 Å². The first-order chi connectivity index (χ1) is 9.15. The number of hydrogen-bond donors (Lipinski definition) is 0. The molecule has 6 nitrogen and oxygen atoms in total. The molecule has 7 heteroatoms. The minimum atomic E-state index is -0.665. The standard InChI is InChI=1S/C12H11ClN2O4/c1-3-18-12(16)11-15-14-10(19-11)8-6-7(13)4-5-9(8)17-2/h4-6H,3H2,1-2H3. The largest absolute Gasteiger partial charge is 0.496 e. The summed E-state index contributed by atoms with van der Waals surface area (Å²) in [5.41, 5.74) is 0.512. The van der Waals surface area contributed by atoms with Crippen LogP contribution >= 0.6 is 11.6 Å². The smallest absolute Gasteiger partial charge is 0.396 e. The normalized spacial score (nSPS) is 10.3. The Kier molecular flexibility index (Phi) is 4.01. The van der Waals surface area contributed by atoms with Gasteiger partial charge in [-0.2, -0.15) is 0 Å². The van der Waals surface area contributed by atoms with Crippen LogP contribution in [0.5, 0.6) is 5.75 Å². The fourth-order valence-corrected chi connectivity index (χ4v) is 1.63. The highest BCUT2D eigenvalue weighted by Crippen LogP contribution is 2.31. The van der Waals surface area contributed by atoms with Gasteiger partial charge in [0, 0.05) is 5.02 Å². The van der Waals surface area contributed by atoms with Gasteiger partial charge in [-0.3, -0.25) is 0 Å². The zero-order valence-corrected chi connectivity index (χ0v) is 11.1. The summed E-state index contributed by atoms with van der Waals surface area (Å²) in [6.45, 7) is 1.92. The van der Waals surface area contributed by atoms with Gasteiger partial charge in [0.1, 0.15) is 5.75 Å². The van der Waals surface area contributed by atoms with Crippen molar-refractivity contribution in [2.45, 2.75) is 6.92 Å². The topological polar surface area (TPSA) is 74.5 Å². The summed E-state index contributed by atoms with van der Waals surface area (Å²) in [4.78, 5) is 11.4. The Morgan fingerprint density at radius 2 is 2.21 bits per heavy atom. The lowest BCUT2D eigenvalue weighted by Gasteiger charge is -2.04. The lowest BCUT2D eigenvalue weighted by Crippen LogP contribution is -2.04. The van der Waals surface area contributed by atoms with Crippen molar-refractivity contribution in [2.24, 2.45) is 0 Å². The zero-order chi connectivity index (χ0) is 13.8. The van der Waals surface area contributed by atoms with Gasteiger partial charge in [-0.15, -0.1) is 10.2 Å². The first-order valence-electron chi connectivity index (χ1n) is 5.50. The number of ether oxygens (including phenoxy) is 2. The quantitative estimate of drug-likeness (QED) is 0.802. The fourth-order valence-electron chi connectivity index (χ4n) is 1.45. The summed E-state index contributed by atoms with van der Waals surface area (Å²) in [5, 5.41) is 7.90. The highest BCUT2D eigenvalue weighted by Gasteiger charge is 2.19. The number of esters is 1. The van der Waals surface area contributed by atoms with Gasteiger partial charge in [0.25, 0.3) is 5.89 Å². The average molecular weight is 283 g/mol. The van der Waals surface area contributed by atoms with Crippen LogP contribution in [0.4, 0.5) is 0 Å². The number of carbonyl (C=O) groups is 1. The monoisotopic (exact) mass is 282 g/mol. The van der Waals surface area contributed by atoms with Crippen molar-refractivity contribution in [1.82, 2.24) is 10.2 Å². The molecule has 1 heterocycles. The van der Waals surface area contributed by atoms with E-state index in [4.69, 9.17) is 25.5 Å². The molecule has 0 saturated heterocycles. The Bertz CT molecular complexity index is 597. The maximum Gasteiger partial charge on any atom is 0.396 e. The molecular formula is C12H11ClN2O4. The number of benzene rings is 1. The van der Waals surface area contributed by atoms with Crippen molar-refractivity contribution in [3.63, 3.8) is 0 Å². The van der Waals surface area contributed by atoms with E-state index in [0.29, 0.717) is 16.3 Å². The van der Waals surface area contributed by atoms with Crippen molar-refractivity contribution in [3.05, 3.63) is 29.1 Å². The van der Waals surface area contributed by atoms with Crippen LogP contribution in [-0.4, -0.2) is 29.9 Å². The highest BCUT2D eigenvalue weighted by molar-refractivity contribution is 6.30. The van der Waals surface area contributed by atoms with Gasteiger partial charge in [0.15, 0.2) is 0 Å². The number of nitrogens with zero attached hydrogens (tertiary/aromatic N) is 2. The molecule has 0 amide bonds. The molecule has 0 aliphatic heterocycles. The van der Waals surface area contributed by atoms with Gasteiger partial charge in [-0.25, -0.2) is 4.79 Å². The number of halogens is 1.